The van der Waals surface area contributed by atoms with Crippen LogP contribution in [0.1, 0.15) is 0 Å². The molecule has 66 heavy (non-hydrogen) atoms. The zero-order valence-electron chi connectivity index (χ0n) is 36.2. The summed E-state index contributed by atoms with van der Waals surface area (Å²) >= 11 is 0. The van der Waals surface area contributed by atoms with Crippen LogP contribution in [0.5, 0.6) is 0 Å². The second kappa shape index (κ2) is 15.6. The van der Waals surface area contributed by atoms with Crippen molar-refractivity contribution in [1.29, 1.82) is 0 Å². The van der Waals surface area contributed by atoms with E-state index in [0.29, 0.717) is 0 Å². The average molecular weight is 835 g/mol. The first kappa shape index (κ1) is 37.9. The largest absolute Gasteiger partial charge is 0.0622 e. The molecule has 0 spiro atoms. The summed E-state index contributed by atoms with van der Waals surface area (Å²) in [5, 5.41) is 15.1. The summed E-state index contributed by atoms with van der Waals surface area (Å²) in [5.41, 5.74) is 14.8. The van der Waals surface area contributed by atoms with Crippen LogP contribution in [0, 0.1) is 0 Å². The van der Waals surface area contributed by atoms with Gasteiger partial charge < -0.3 is 0 Å². The Bertz CT molecular complexity index is 3950. The maximum atomic E-state index is 2.43. The lowest BCUT2D eigenvalue weighted by Gasteiger charge is -2.19. The van der Waals surface area contributed by atoms with Gasteiger partial charge in [-0.25, -0.2) is 0 Å². The first-order chi connectivity index (χ1) is 32.7. The Morgan fingerprint density at radius 3 is 0.879 bits per heavy atom. The van der Waals surface area contributed by atoms with E-state index in [-0.39, 0.29) is 0 Å². The van der Waals surface area contributed by atoms with Crippen molar-refractivity contribution in [3.05, 3.63) is 255 Å². The predicted molar refractivity (Wildman–Crippen MR) is 284 cm³/mol. The zero-order valence-corrected chi connectivity index (χ0v) is 36.2. The van der Waals surface area contributed by atoms with Gasteiger partial charge in [-0.2, -0.15) is 0 Å². The molecule has 13 rings (SSSR count). The van der Waals surface area contributed by atoms with E-state index in [1.54, 1.807) is 0 Å². The molecular formula is C66H42. The third-order valence-corrected chi connectivity index (χ3v) is 13.8. The highest BCUT2D eigenvalue weighted by molar-refractivity contribution is 6.23. The smallest absolute Gasteiger partial charge is 0.00259 e. The molecule has 0 aromatic heterocycles. The first-order valence-electron chi connectivity index (χ1n) is 22.9. The third-order valence-electron chi connectivity index (χ3n) is 13.8. The minimum absolute atomic E-state index is 1.19. The van der Waals surface area contributed by atoms with Crippen molar-refractivity contribution < 1.29 is 0 Å². The van der Waals surface area contributed by atoms with Crippen LogP contribution in [-0.4, -0.2) is 0 Å². The summed E-state index contributed by atoms with van der Waals surface area (Å²) in [7, 11) is 0. The van der Waals surface area contributed by atoms with E-state index >= 15 is 0 Å². The normalized spacial score (nSPS) is 11.6. The quantitative estimate of drug-likeness (QED) is 0.146. The highest BCUT2D eigenvalue weighted by Gasteiger charge is 2.19. The Morgan fingerprint density at radius 2 is 0.424 bits per heavy atom. The Hall–Kier alpha value is -8.58. The van der Waals surface area contributed by atoms with Crippen molar-refractivity contribution in [3.63, 3.8) is 0 Å². The predicted octanol–water partition coefficient (Wildman–Crippen LogP) is 18.6. The second-order valence-electron chi connectivity index (χ2n) is 17.5. The minimum Gasteiger partial charge on any atom is -0.0622 e. The number of fused-ring (bicyclic) bond motifs is 6. The van der Waals surface area contributed by atoms with Crippen molar-refractivity contribution >= 4 is 64.6 Å². The molecule has 0 saturated heterocycles. The van der Waals surface area contributed by atoms with Crippen molar-refractivity contribution in [1.82, 2.24) is 0 Å². The van der Waals surface area contributed by atoms with E-state index in [2.05, 4.69) is 255 Å². The molecule has 0 fully saturated rings. The molecule has 13 aromatic carbocycles. The fourth-order valence-corrected chi connectivity index (χ4v) is 10.7. The number of benzene rings is 13. The zero-order chi connectivity index (χ0) is 43.6. The Labute approximate surface area is 384 Å². The fourth-order valence-electron chi connectivity index (χ4n) is 10.7. The molecule has 0 bridgehead atoms. The van der Waals surface area contributed by atoms with Gasteiger partial charge in [-0.3, -0.25) is 0 Å². The van der Waals surface area contributed by atoms with Gasteiger partial charge in [0.15, 0.2) is 0 Å². The van der Waals surface area contributed by atoms with Crippen molar-refractivity contribution in [2.24, 2.45) is 0 Å². The van der Waals surface area contributed by atoms with Crippen LogP contribution in [0.4, 0.5) is 0 Å². The van der Waals surface area contributed by atoms with E-state index in [0.717, 1.165) is 0 Å². The van der Waals surface area contributed by atoms with Crippen molar-refractivity contribution in [2.75, 3.05) is 0 Å². The molecule has 0 radical (unpaired) electrons. The topological polar surface area (TPSA) is 0 Å². The molecule has 0 atom stereocenters. The summed E-state index contributed by atoms with van der Waals surface area (Å²) < 4.78 is 0. The molecule has 306 valence electrons. The van der Waals surface area contributed by atoms with Gasteiger partial charge in [0.1, 0.15) is 0 Å². The van der Waals surface area contributed by atoms with Gasteiger partial charge in [0.2, 0.25) is 0 Å². The fraction of sp³-hybridized carbons (Fsp3) is 0. The molecule has 13 aromatic rings. The summed E-state index contributed by atoms with van der Waals surface area (Å²) in [6, 6.07) is 94.1. The summed E-state index contributed by atoms with van der Waals surface area (Å²) in [6.45, 7) is 0. The lowest BCUT2D eigenvalue weighted by Crippen LogP contribution is -1.92. The lowest BCUT2D eigenvalue weighted by molar-refractivity contribution is 1.59. The lowest BCUT2D eigenvalue weighted by atomic mass is 9.84. The van der Waals surface area contributed by atoms with E-state index in [1.807, 2.05) is 0 Å². The van der Waals surface area contributed by atoms with Crippen LogP contribution >= 0.6 is 0 Å². The Morgan fingerprint density at radius 1 is 0.136 bits per heavy atom. The van der Waals surface area contributed by atoms with Crippen LogP contribution in [0.2, 0.25) is 0 Å². The summed E-state index contributed by atoms with van der Waals surface area (Å²) in [6.07, 6.45) is 0. The standard InChI is InChI=1S/C66H42/c1-2-16-48(17-3-1)63-55-20-8-10-22-57(55)64(58-23-11-9-21-56(58)63)49-34-30-46(31-35-49)45-26-28-47(29-27-45)52-38-39-61-62(42-52)66(54-37-33-44-15-5-7-19-51(44)41-54)60-25-13-12-24-59(60)65(61)53-36-32-43-14-4-6-18-50(43)40-53/h1-42H. The highest BCUT2D eigenvalue weighted by atomic mass is 14.2. The number of hydrogen-bond donors (Lipinski definition) is 0. The molecule has 0 aliphatic carbocycles. The maximum absolute atomic E-state index is 2.43. The van der Waals surface area contributed by atoms with E-state index < -0.39 is 0 Å². The second-order valence-corrected chi connectivity index (χ2v) is 17.5. The van der Waals surface area contributed by atoms with Crippen LogP contribution in [0.25, 0.3) is 131 Å². The van der Waals surface area contributed by atoms with Crippen LogP contribution in [0.15, 0.2) is 255 Å². The molecule has 0 aliphatic rings. The SMILES string of the molecule is c1ccc(-c2c3ccccc3c(-c3ccc(-c4ccc(-c5ccc6c(-c7ccc8ccccc8c7)c7ccccc7c(-c7ccc8ccccc8c7)c6c5)cc4)cc3)c3ccccc23)cc1. The average Bonchev–Trinajstić information content (AvgIpc) is 3.39. The molecule has 0 heteroatoms. The number of rotatable bonds is 6. The maximum Gasteiger partial charge on any atom is -0.00259 e. The van der Waals surface area contributed by atoms with E-state index in [1.165, 1.54) is 131 Å². The van der Waals surface area contributed by atoms with Crippen LogP contribution in [-0.2, 0) is 0 Å². The Kier molecular flexibility index (Phi) is 8.96. The van der Waals surface area contributed by atoms with Crippen LogP contribution < -0.4 is 0 Å². The minimum atomic E-state index is 1.19. The van der Waals surface area contributed by atoms with E-state index in [4.69, 9.17) is 0 Å². The van der Waals surface area contributed by atoms with Crippen molar-refractivity contribution in [2.45, 2.75) is 0 Å². The molecular weight excluding hydrogens is 793 g/mol. The molecule has 0 nitrogen and oxygen atoms in total. The van der Waals surface area contributed by atoms with Crippen LogP contribution in [0.3, 0.4) is 0 Å². The monoisotopic (exact) mass is 834 g/mol. The van der Waals surface area contributed by atoms with Gasteiger partial charge in [-0.05, 0) is 150 Å². The molecule has 0 unspecified atom stereocenters. The van der Waals surface area contributed by atoms with Gasteiger partial charge in [0.05, 0.1) is 0 Å². The number of hydrogen-bond acceptors (Lipinski definition) is 0. The molecule has 0 aliphatic heterocycles. The molecule has 0 heterocycles. The van der Waals surface area contributed by atoms with Gasteiger partial charge in [-0.15, -0.1) is 0 Å². The summed E-state index contributed by atoms with van der Waals surface area (Å²) in [4.78, 5) is 0. The van der Waals surface area contributed by atoms with Gasteiger partial charge in [0.25, 0.3) is 0 Å². The van der Waals surface area contributed by atoms with E-state index in [9.17, 15) is 0 Å². The Balaban J connectivity index is 0.921. The highest BCUT2D eigenvalue weighted by Crippen LogP contribution is 2.47. The molecule has 0 amide bonds. The van der Waals surface area contributed by atoms with Gasteiger partial charge >= 0.3 is 0 Å². The van der Waals surface area contributed by atoms with Gasteiger partial charge in [-0.1, -0.05) is 237 Å². The molecule has 0 N–H and O–H groups in total. The first-order valence-corrected chi connectivity index (χ1v) is 22.9. The van der Waals surface area contributed by atoms with Gasteiger partial charge in [0, 0.05) is 0 Å². The molecule has 0 saturated carbocycles. The third kappa shape index (κ3) is 6.30. The summed E-state index contributed by atoms with van der Waals surface area (Å²) in [5.74, 6) is 0. The van der Waals surface area contributed by atoms with Crippen molar-refractivity contribution in [3.8, 4) is 66.8 Å².